The van der Waals surface area contributed by atoms with Crippen LogP contribution in [0.4, 0.5) is 0 Å². The van der Waals surface area contributed by atoms with Gasteiger partial charge in [0.05, 0.1) is 19.3 Å². The fraction of sp³-hybridized carbons (Fsp3) is 1.00. The summed E-state index contributed by atoms with van der Waals surface area (Å²) in [5, 5.41) is 10.7. The molecule has 1 saturated carbocycles. The first-order valence-corrected chi connectivity index (χ1v) is 7.19. The Morgan fingerprint density at radius 1 is 1.29 bits per heavy atom. The number of morpholine rings is 1. The van der Waals surface area contributed by atoms with Gasteiger partial charge in [-0.3, -0.25) is 4.90 Å². The highest BCUT2D eigenvalue weighted by Gasteiger charge is 2.42. The molecule has 2 rings (SSSR count). The molecule has 1 heterocycles. The van der Waals surface area contributed by atoms with E-state index in [9.17, 15) is 5.11 Å². The average Bonchev–Trinajstić information content (AvgIpc) is 2.92. The molecule has 1 aliphatic carbocycles. The molecule has 17 heavy (non-hydrogen) atoms. The molecule has 0 bridgehead atoms. The van der Waals surface area contributed by atoms with Crippen molar-refractivity contribution in [3.8, 4) is 0 Å². The molecular formula is C14H27NO2. The monoisotopic (exact) mass is 241 g/mol. The second-order valence-electron chi connectivity index (χ2n) is 5.80. The van der Waals surface area contributed by atoms with E-state index in [1.54, 1.807) is 0 Å². The molecule has 2 unspecified atom stereocenters. The summed E-state index contributed by atoms with van der Waals surface area (Å²) >= 11 is 0. The Morgan fingerprint density at radius 3 is 2.41 bits per heavy atom. The largest absolute Gasteiger partial charge is 0.391 e. The maximum absolute atomic E-state index is 10.7. The lowest BCUT2D eigenvalue weighted by Gasteiger charge is -2.47. The quantitative estimate of drug-likeness (QED) is 0.817. The van der Waals surface area contributed by atoms with E-state index in [1.807, 2.05) is 0 Å². The number of hydrogen-bond donors (Lipinski definition) is 1. The van der Waals surface area contributed by atoms with Crippen molar-refractivity contribution in [3.63, 3.8) is 0 Å². The molecule has 1 aliphatic heterocycles. The van der Waals surface area contributed by atoms with Crippen molar-refractivity contribution in [1.82, 2.24) is 4.90 Å². The van der Waals surface area contributed by atoms with E-state index in [1.165, 1.54) is 25.7 Å². The Hall–Kier alpha value is -0.120. The number of rotatable bonds is 4. The van der Waals surface area contributed by atoms with Crippen LogP contribution in [0.2, 0.25) is 0 Å². The summed E-state index contributed by atoms with van der Waals surface area (Å²) in [5.41, 5.74) is -0.0568. The first-order chi connectivity index (χ1) is 8.18. The van der Waals surface area contributed by atoms with Crippen molar-refractivity contribution in [3.05, 3.63) is 0 Å². The van der Waals surface area contributed by atoms with Gasteiger partial charge in [-0.15, -0.1) is 0 Å². The lowest BCUT2D eigenvalue weighted by molar-refractivity contribution is -0.0894. The molecule has 2 aliphatic rings. The van der Waals surface area contributed by atoms with Crippen LogP contribution in [-0.2, 0) is 4.74 Å². The van der Waals surface area contributed by atoms with Crippen molar-refractivity contribution < 1.29 is 9.84 Å². The van der Waals surface area contributed by atoms with Gasteiger partial charge in [0.2, 0.25) is 0 Å². The molecule has 0 spiro atoms. The number of aliphatic hydroxyl groups excluding tert-OH is 1. The molecule has 100 valence electrons. The Morgan fingerprint density at radius 2 is 1.88 bits per heavy atom. The highest BCUT2D eigenvalue weighted by molar-refractivity contribution is 4.96. The molecule has 0 aromatic carbocycles. The summed E-state index contributed by atoms with van der Waals surface area (Å²) in [6.45, 7) is 8.00. The van der Waals surface area contributed by atoms with Gasteiger partial charge in [0, 0.05) is 18.6 Å². The smallest absolute Gasteiger partial charge is 0.0749 e. The Kier molecular flexibility index (Phi) is 4.45. The summed E-state index contributed by atoms with van der Waals surface area (Å²) in [6.07, 6.45) is 5.86. The second kappa shape index (κ2) is 5.68. The normalized spacial score (nSPS) is 29.1. The van der Waals surface area contributed by atoms with Crippen LogP contribution in [0.5, 0.6) is 0 Å². The van der Waals surface area contributed by atoms with Crippen molar-refractivity contribution in [1.29, 1.82) is 0 Å². The fourth-order valence-electron chi connectivity index (χ4n) is 3.47. The van der Waals surface area contributed by atoms with Crippen LogP contribution < -0.4 is 0 Å². The zero-order valence-corrected chi connectivity index (χ0v) is 11.3. The Labute approximate surface area is 105 Å². The predicted octanol–water partition coefficient (Wildman–Crippen LogP) is 2.04. The number of hydrogen-bond acceptors (Lipinski definition) is 3. The molecule has 1 N–H and O–H groups in total. The van der Waals surface area contributed by atoms with Crippen molar-refractivity contribution in [2.45, 2.75) is 57.6 Å². The maximum Gasteiger partial charge on any atom is 0.0749 e. The Balaban J connectivity index is 2.05. The van der Waals surface area contributed by atoms with E-state index < -0.39 is 0 Å². The van der Waals surface area contributed by atoms with Gasteiger partial charge < -0.3 is 9.84 Å². The maximum atomic E-state index is 10.7. The Bertz CT molecular complexity index is 234. The SMILES string of the molecule is CCC(C)(C(O)C1CCCC1)N1CCOCC1. The highest BCUT2D eigenvalue weighted by Crippen LogP contribution is 2.36. The summed E-state index contributed by atoms with van der Waals surface area (Å²) in [7, 11) is 0. The van der Waals surface area contributed by atoms with Crippen molar-refractivity contribution in [2.75, 3.05) is 26.3 Å². The molecule has 3 nitrogen and oxygen atoms in total. The highest BCUT2D eigenvalue weighted by atomic mass is 16.5. The van der Waals surface area contributed by atoms with Crippen molar-refractivity contribution in [2.24, 2.45) is 5.92 Å². The van der Waals surface area contributed by atoms with E-state index in [4.69, 9.17) is 4.74 Å². The van der Waals surface area contributed by atoms with Crippen LogP contribution in [0.1, 0.15) is 46.0 Å². The van der Waals surface area contributed by atoms with Crippen LogP contribution in [0.3, 0.4) is 0 Å². The van der Waals surface area contributed by atoms with Gasteiger partial charge >= 0.3 is 0 Å². The minimum atomic E-state index is -0.173. The standard InChI is InChI=1S/C14H27NO2/c1-3-14(2,15-8-10-17-11-9-15)13(16)12-6-4-5-7-12/h12-13,16H,3-11H2,1-2H3. The molecular weight excluding hydrogens is 214 g/mol. The van der Waals surface area contributed by atoms with E-state index in [0.717, 1.165) is 32.7 Å². The third-order valence-electron chi connectivity index (χ3n) is 4.93. The zero-order chi connectivity index (χ0) is 12.3. The second-order valence-corrected chi connectivity index (χ2v) is 5.80. The minimum Gasteiger partial charge on any atom is -0.391 e. The van der Waals surface area contributed by atoms with Crippen LogP contribution in [0, 0.1) is 5.92 Å². The summed E-state index contributed by atoms with van der Waals surface area (Å²) in [5.74, 6) is 0.516. The van der Waals surface area contributed by atoms with Gasteiger partial charge in [0.1, 0.15) is 0 Å². The van der Waals surface area contributed by atoms with Gasteiger partial charge in [0.15, 0.2) is 0 Å². The van der Waals surface area contributed by atoms with E-state index in [2.05, 4.69) is 18.7 Å². The summed E-state index contributed by atoms with van der Waals surface area (Å²) in [4.78, 5) is 2.44. The summed E-state index contributed by atoms with van der Waals surface area (Å²) in [6, 6.07) is 0. The number of ether oxygens (including phenoxy) is 1. The first kappa shape index (κ1) is 13.3. The van der Waals surface area contributed by atoms with Gasteiger partial charge in [-0.25, -0.2) is 0 Å². The lowest BCUT2D eigenvalue weighted by Crippen LogP contribution is -2.59. The van der Waals surface area contributed by atoms with Crippen LogP contribution in [-0.4, -0.2) is 48.0 Å². The fourth-order valence-corrected chi connectivity index (χ4v) is 3.47. The van der Waals surface area contributed by atoms with E-state index in [0.29, 0.717) is 5.92 Å². The molecule has 1 saturated heterocycles. The minimum absolute atomic E-state index is 0.0568. The predicted molar refractivity (Wildman–Crippen MR) is 69.1 cm³/mol. The van der Waals surface area contributed by atoms with Gasteiger partial charge in [0.25, 0.3) is 0 Å². The first-order valence-electron chi connectivity index (χ1n) is 7.19. The molecule has 0 radical (unpaired) electrons. The molecule has 0 aromatic rings. The third kappa shape index (κ3) is 2.67. The van der Waals surface area contributed by atoms with Gasteiger partial charge in [-0.1, -0.05) is 19.8 Å². The van der Waals surface area contributed by atoms with Crippen LogP contribution >= 0.6 is 0 Å². The molecule has 3 heteroatoms. The number of aliphatic hydroxyl groups is 1. The van der Waals surface area contributed by atoms with E-state index >= 15 is 0 Å². The average molecular weight is 241 g/mol. The number of nitrogens with zero attached hydrogens (tertiary/aromatic N) is 1. The third-order valence-corrected chi connectivity index (χ3v) is 4.93. The summed E-state index contributed by atoms with van der Waals surface area (Å²) < 4.78 is 5.42. The molecule has 2 fully saturated rings. The van der Waals surface area contributed by atoms with Gasteiger partial charge in [-0.05, 0) is 32.1 Å². The topological polar surface area (TPSA) is 32.7 Å². The van der Waals surface area contributed by atoms with Gasteiger partial charge in [-0.2, -0.15) is 0 Å². The molecule has 2 atom stereocenters. The van der Waals surface area contributed by atoms with E-state index in [-0.39, 0.29) is 11.6 Å². The zero-order valence-electron chi connectivity index (χ0n) is 11.3. The van der Waals surface area contributed by atoms with Crippen molar-refractivity contribution >= 4 is 0 Å². The molecule has 0 amide bonds. The van der Waals surface area contributed by atoms with Crippen LogP contribution in [0.15, 0.2) is 0 Å². The lowest BCUT2D eigenvalue weighted by atomic mass is 9.81. The molecule has 0 aromatic heterocycles. The van der Waals surface area contributed by atoms with Crippen LogP contribution in [0.25, 0.3) is 0 Å².